The summed E-state index contributed by atoms with van der Waals surface area (Å²) < 4.78 is 13.2. The summed E-state index contributed by atoms with van der Waals surface area (Å²) >= 11 is 0. The molecule has 1 unspecified atom stereocenters. The second kappa shape index (κ2) is 4.26. The summed E-state index contributed by atoms with van der Waals surface area (Å²) in [4.78, 5) is 3.35. The Bertz CT molecular complexity index is 502. The van der Waals surface area contributed by atoms with E-state index in [4.69, 9.17) is 0 Å². The summed E-state index contributed by atoms with van der Waals surface area (Å²) in [5, 5.41) is 4.27. The van der Waals surface area contributed by atoms with Gasteiger partial charge in [0.2, 0.25) is 0 Å². The van der Waals surface area contributed by atoms with Gasteiger partial charge in [-0.25, -0.2) is 4.39 Å². The van der Waals surface area contributed by atoms with Gasteiger partial charge in [-0.05, 0) is 44.2 Å². The number of nitrogens with one attached hydrogen (secondary N) is 2. The van der Waals surface area contributed by atoms with Crippen LogP contribution in [-0.2, 0) is 0 Å². The molecule has 1 aromatic carbocycles. The summed E-state index contributed by atoms with van der Waals surface area (Å²) in [6.45, 7) is 7.01. The van der Waals surface area contributed by atoms with Gasteiger partial charge in [0.05, 0.1) is 0 Å². The van der Waals surface area contributed by atoms with Gasteiger partial charge in [-0.1, -0.05) is 6.92 Å². The van der Waals surface area contributed by atoms with Crippen molar-refractivity contribution in [2.75, 3.05) is 6.54 Å². The number of halogens is 1. The Morgan fingerprint density at radius 3 is 2.81 bits per heavy atom. The van der Waals surface area contributed by atoms with Gasteiger partial charge in [-0.15, -0.1) is 0 Å². The fourth-order valence-corrected chi connectivity index (χ4v) is 2.05. The molecule has 2 aromatic rings. The molecule has 1 heterocycles. The van der Waals surface area contributed by atoms with Crippen molar-refractivity contribution in [3.63, 3.8) is 0 Å². The average molecular weight is 220 g/mol. The summed E-state index contributed by atoms with van der Waals surface area (Å²) in [5.41, 5.74) is 3.08. The number of hydrogen-bond acceptors (Lipinski definition) is 1. The Kier molecular flexibility index (Phi) is 2.97. The first-order valence-corrected chi connectivity index (χ1v) is 5.64. The molecule has 0 fully saturated rings. The minimum Gasteiger partial charge on any atom is -0.357 e. The molecule has 0 aliphatic rings. The van der Waals surface area contributed by atoms with Crippen LogP contribution in [-0.4, -0.2) is 11.5 Å². The van der Waals surface area contributed by atoms with Crippen molar-refractivity contribution >= 4 is 10.9 Å². The Hall–Kier alpha value is -1.35. The van der Waals surface area contributed by atoms with Crippen LogP contribution in [0.3, 0.4) is 0 Å². The van der Waals surface area contributed by atoms with Crippen molar-refractivity contribution in [1.82, 2.24) is 10.3 Å². The minimum absolute atomic E-state index is 0.174. The van der Waals surface area contributed by atoms with Crippen LogP contribution in [0.2, 0.25) is 0 Å². The maximum absolute atomic E-state index is 13.2. The van der Waals surface area contributed by atoms with Gasteiger partial charge in [0.25, 0.3) is 0 Å². The maximum Gasteiger partial charge on any atom is 0.124 e. The summed E-state index contributed by atoms with van der Waals surface area (Å²) in [6, 6.07) is 5.40. The predicted octanol–water partition coefficient (Wildman–Crippen LogP) is 3.29. The van der Waals surface area contributed by atoms with Gasteiger partial charge in [0.15, 0.2) is 0 Å². The van der Waals surface area contributed by atoms with Crippen LogP contribution < -0.4 is 5.32 Å². The minimum atomic E-state index is -0.174. The first-order chi connectivity index (χ1) is 7.61. The molecule has 0 aliphatic carbocycles. The number of aromatic nitrogens is 1. The summed E-state index contributed by atoms with van der Waals surface area (Å²) in [6.07, 6.45) is 0. The zero-order valence-corrected chi connectivity index (χ0v) is 9.89. The lowest BCUT2D eigenvalue weighted by Gasteiger charge is -2.09. The van der Waals surface area contributed by atoms with E-state index < -0.39 is 0 Å². The second-order valence-electron chi connectivity index (χ2n) is 4.19. The zero-order chi connectivity index (χ0) is 11.7. The lowest BCUT2D eigenvalue weighted by atomic mass is 10.1. The number of aryl methyl sites for hydroxylation is 1. The van der Waals surface area contributed by atoms with Crippen LogP contribution in [0.25, 0.3) is 10.9 Å². The van der Waals surface area contributed by atoms with E-state index >= 15 is 0 Å². The Labute approximate surface area is 94.9 Å². The van der Waals surface area contributed by atoms with E-state index in [9.17, 15) is 4.39 Å². The molecule has 3 heteroatoms. The van der Waals surface area contributed by atoms with Crippen LogP contribution in [0, 0.1) is 12.7 Å². The van der Waals surface area contributed by atoms with Crippen molar-refractivity contribution in [3.8, 4) is 0 Å². The summed E-state index contributed by atoms with van der Waals surface area (Å²) in [5.74, 6) is -0.174. The predicted molar refractivity (Wildman–Crippen MR) is 65.1 cm³/mol. The number of aromatic amines is 1. The summed E-state index contributed by atoms with van der Waals surface area (Å²) in [7, 11) is 0. The maximum atomic E-state index is 13.2. The molecule has 0 bridgehead atoms. The van der Waals surface area contributed by atoms with Gasteiger partial charge in [-0.2, -0.15) is 0 Å². The number of benzene rings is 1. The van der Waals surface area contributed by atoms with Crippen molar-refractivity contribution in [2.45, 2.75) is 26.8 Å². The molecular formula is C13H17FN2. The van der Waals surface area contributed by atoms with Gasteiger partial charge >= 0.3 is 0 Å². The van der Waals surface area contributed by atoms with E-state index in [1.165, 1.54) is 0 Å². The lowest BCUT2D eigenvalue weighted by molar-refractivity contribution is 0.587. The Morgan fingerprint density at radius 2 is 2.12 bits per heavy atom. The molecule has 2 N–H and O–H groups in total. The second-order valence-corrected chi connectivity index (χ2v) is 4.19. The van der Waals surface area contributed by atoms with E-state index in [2.05, 4.69) is 24.1 Å². The third-order valence-corrected chi connectivity index (χ3v) is 2.89. The molecule has 2 rings (SSSR count). The highest BCUT2D eigenvalue weighted by Gasteiger charge is 2.09. The highest BCUT2D eigenvalue weighted by Crippen LogP contribution is 2.23. The van der Waals surface area contributed by atoms with Crippen molar-refractivity contribution in [2.24, 2.45) is 0 Å². The molecule has 16 heavy (non-hydrogen) atoms. The molecular weight excluding hydrogens is 203 g/mol. The molecule has 0 saturated heterocycles. The SMILES string of the molecule is CCNC(C)c1cc2cc(F)cc(C)c2[nH]1. The molecule has 86 valence electrons. The average Bonchev–Trinajstić information content (AvgIpc) is 2.62. The molecule has 0 spiro atoms. The highest BCUT2D eigenvalue weighted by molar-refractivity contribution is 5.83. The Morgan fingerprint density at radius 1 is 1.38 bits per heavy atom. The monoisotopic (exact) mass is 220 g/mol. The molecule has 0 radical (unpaired) electrons. The molecule has 0 saturated carbocycles. The van der Waals surface area contributed by atoms with Gasteiger partial charge in [-0.3, -0.25) is 0 Å². The van der Waals surface area contributed by atoms with Crippen LogP contribution in [0.1, 0.15) is 31.1 Å². The number of fused-ring (bicyclic) bond motifs is 1. The first kappa shape index (κ1) is 11.1. The third kappa shape index (κ3) is 1.95. The molecule has 1 atom stereocenters. The standard InChI is InChI=1S/C13H17FN2/c1-4-15-9(3)12-7-10-6-11(14)5-8(2)13(10)16-12/h5-7,9,15-16H,4H2,1-3H3. The number of hydrogen-bond donors (Lipinski definition) is 2. The lowest BCUT2D eigenvalue weighted by Crippen LogP contribution is -2.17. The van der Waals surface area contributed by atoms with Crippen LogP contribution in [0.15, 0.2) is 18.2 Å². The van der Waals surface area contributed by atoms with E-state index in [1.54, 1.807) is 12.1 Å². The first-order valence-electron chi connectivity index (χ1n) is 5.64. The van der Waals surface area contributed by atoms with Crippen molar-refractivity contribution < 1.29 is 4.39 Å². The van der Waals surface area contributed by atoms with Gasteiger partial charge < -0.3 is 10.3 Å². The molecule has 0 amide bonds. The van der Waals surface area contributed by atoms with Crippen molar-refractivity contribution in [1.29, 1.82) is 0 Å². The fraction of sp³-hybridized carbons (Fsp3) is 0.385. The van der Waals surface area contributed by atoms with E-state index in [1.807, 2.05) is 13.0 Å². The molecule has 1 aromatic heterocycles. The van der Waals surface area contributed by atoms with E-state index in [-0.39, 0.29) is 11.9 Å². The molecule has 0 aliphatic heterocycles. The van der Waals surface area contributed by atoms with E-state index in [0.717, 1.165) is 28.7 Å². The Balaban J connectivity index is 2.47. The van der Waals surface area contributed by atoms with Gasteiger partial charge in [0, 0.05) is 22.6 Å². The fourth-order valence-electron chi connectivity index (χ4n) is 2.05. The topological polar surface area (TPSA) is 27.8 Å². The van der Waals surface area contributed by atoms with Crippen LogP contribution in [0.4, 0.5) is 4.39 Å². The van der Waals surface area contributed by atoms with Crippen LogP contribution >= 0.6 is 0 Å². The normalized spacial score (nSPS) is 13.2. The third-order valence-electron chi connectivity index (χ3n) is 2.89. The highest BCUT2D eigenvalue weighted by atomic mass is 19.1. The molecule has 2 nitrogen and oxygen atoms in total. The van der Waals surface area contributed by atoms with E-state index in [0.29, 0.717) is 0 Å². The van der Waals surface area contributed by atoms with Crippen LogP contribution in [0.5, 0.6) is 0 Å². The number of rotatable bonds is 3. The largest absolute Gasteiger partial charge is 0.357 e. The number of H-pyrrole nitrogens is 1. The smallest absolute Gasteiger partial charge is 0.124 e. The van der Waals surface area contributed by atoms with Crippen molar-refractivity contribution in [3.05, 3.63) is 35.3 Å². The zero-order valence-electron chi connectivity index (χ0n) is 9.89. The quantitative estimate of drug-likeness (QED) is 0.816. The van der Waals surface area contributed by atoms with Gasteiger partial charge in [0.1, 0.15) is 5.82 Å².